The highest BCUT2D eigenvalue weighted by molar-refractivity contribution is 9.10. The summed E-state index contributed by atoms with van der Waals surface area (Å²) in [6.45, 7) is 0. The Morgan fingerprint density at radius 1 is 1.31 bits per heavy atom. The molecule has 16 heavy (non-hydrogen) atoms. The van der Waals surface area contributed by atoms with E-state index in [0.29, 0.717) is 16.0 Å². The molecule has 0 spiro atoms. The van der Waals surface area contributed by atoms with E-state index in [0.717, 1.165) is 25.0 Å². The van der Waals surface area contributed by atoms with Crippen molar-refractivity contribution < 1.29 is 13.2 Å². The van der Waals surface area contributed by atoms with E-state index in [9.17, 15) is 13.2 Å². The second-order valence-corrected chi connectivity index (χ2v) is 4.95. The summed E-state index contributed by atoms with van der Waals surface area (Å²) in [5.41, 5.74) is 5.83. The van der Waals surface area contributed by atoms with Gasteiger partial charge in [0.2, 0.25) is 0 Å². The van der Waals surface area contributed by atoms with E-state index in [1.165, 1.54) is 6.07 Å². The molecule has 0 saturated heterocycles. The van der Waals surface area contributed by atoms with Crippen LogP contribution in [-0.2, 0) is 6.18 Å². The maximum atomic E-state index is 12.5. The Hall–Kier alpha value is -0.550. The molecule has 1 atom stereocenters. The molecule has 0 heterocycles. The number of hydrogen-bond acceptors (Lipinski definition) is 1. The molecule has 1 aromatic rings. The normalized spacial score (nSPS) is 18.6. The predicted octanol–water partition coefficient (Wildman–Crippen LogP) is 3.88. The van der Waals surface area contributed by atoms with E-state index in [2.05, 4.69) is 15.9 Å². The van der Waals surface area contributed by atoms with Crippen LogP contribution >= 0.6 is 15.9 Å². The molecule has 1 fully saturated rings. The maximum absolute atomic E-state index is 12.5. The zero-order valence-corrected chi connectivity index (χ0v) is 9.98. The van der Waals surface area contributed by atoms with Crippen LogP contribution in [-0.4, -0.2) is 0 Å². The molecule has 1 aliphatic rings. The monoisotopic (exact) mass is 293 g/mol. The Morgan fingerprint density at radius 3 is 2.44 bits per heavy atom. The van der Waals surface area contributed by atoms with Crippen molar-refractivity contribution in [1.82, 2.24) is 0 Å². The average Bonchev–Trinajstić information content (AvgIpc) is 2.98. The largest absolute Gasteiger partial charge is 0.416 e. The molecule has 0 radical (unpaired) electrons. The quantitative estimate of drug-likeness (QED) is 0.880. The predicted molar refractivity (Wildman–Crippen MR) is 58.8 cm³/mol. The van der Waals surface area contributed by atoms with Gasteiger partial charge in [0.15, 0.2) is 0 Å². The molecule has 5 heteroatoms. The molecule has 1 aromatic carbocycles. The molecule has 2 rings (SSSR count). The van der Waals surface area contributed by atoms with E-state index in [-0.39, 0.29) is 6.04 Å². The van der Waals surface area contributed by atoms with Crippen molar-refractivity contribution in [2.24, 2.45) is 11.7 Å². The van der Waals surface area contributed by atoms with Crippen LogP contribution in [0.5, 0.6) is 0 Å². The molecule has 0 aliphatic heterocycles. The summed E-state index contributed by atoms with van der Waals surface area (Å²) in [7, 11) is 0. The lowest BCUT2D eigenvalue weighted by atomic mass is 10.0. The molecular formula is C11H11BrF3N. The first-order valence-electron chi connectivity index (χ1n) is 5.02. The van der Waals surface area contributed by atoms with Crippen LogP contribution in [0.1, 0.15) is 30.0 Å². The Kier molecular flexibility index (Phi) is 3.01. The van der Waals surface area contributed by atoms with Gasteiger partial charge >= 0.3 is 6.18 Å². The number of nitrogens with two attached hydrogens (primary N) is 1. The summed E-state index contributed by atoms with van der Waals surface area (Å²) in [5, 5.41) is 0. The number of alkyl halides is 3. The number of halogens is 4. The fraction of sp³-hybridized carbons (Fsp3) is 0.455. The highest BCUT2D eigenvalue weighted by Crippen LogP contribution is 2.42. The van der Waals surface area contributed by atoms with Gasteiger partial charge in [0.25, 0.3) is 0 Å². The van der Waals surface area contributed by atoms with E-state index in [1.807, 2.05) is 0 Å². The van der Waals surface area contributed by atoms with Crippen LogP contribution < -0.4 is 5.73 Å². The lowest BCUT2D eigenvalue weighted by molar-refractivity contribution is -0.137. The minimum atomic E-state index is -4.31. The Morgan fingerprint density at radius 2 is 1.94 bits per heavy atom. The standard InChI is InChI=1S/C11H11BrF3N/c12-9-4-3-7(11(13,14)15)5-8(9)10(16)6-1-2-6/h3-6,10H,1-2,16H2/t10-/m1/s1. The SMILES string of the molecule is N[C@@H](c1cc(C(F)(F)F)ccc1Br)C1CC1. The van der Waals surface area contributed by atoms with E-state index >= 15 is 0 Å². The zero-order chi connectivity index (χ0) is 11.9. The maximum Gasteiger partial charge on any atom is 0.416 e. The van der Waals surface area contributed by atoms with Crippen molar-refractivity contribution in [3.05, 3.63) is 33.8 Å². The summed E-state index contributed by atoms with van der Waals surface area (Å²) in [6, 6.07) is 3.33. The number of benzene rings is 1. The lowest BCUT2D eigenvalue weighted by Gasteiger charge is -2.15. The Balaban J connectivity index is 2.36. The summed E-state index contributed by atoms with van der Waals surface area (Å²) in [4.78, 5) is 0. The van der Waals surface area contributed by atoms with Crippen molar-refractivity contribution in [2.75, 3.05) is 0 Å². The van der Waals surface area contributed by atoms with Gasteiger partial charge in [-0.2, -0.15) is 13.2 Å². The third-order valence-electron chi connectivity index (χ3n) is 2.81. The molecule has 1 nitrogen and oxygen atoms in total. The van der Waals surface area contributed by atoms with Gasteiger partial charge in [-0.3, -0.25) is 0 Å². The molecular weight excluding hydrogens is 283 g/mol. The van der Waals surface area contributed by atoms with Gasteiger partial charge in [0.1, 0.15) is 0 Å². The second-order valence-electron chi connectivity index (χ2n) is 4.10. The number of rotatable bonds is 2. The highest BCUT2D eigenvalue weighted by Gasteiger charge is 2.34. The van der Waals surface area contributed by atoms with Gasteiger partial charge in [0, 0.05) is 10.5 Å². The molecule has 0 amide bonds. The van der Waals surface area contributed by atoms with Gasteiger partial charge in [0.05, 0.1) is 5.56 Å². The smallest absolute Gasteiger partial charge is 0.324 e. The lowest BCUT2D eigenvalue weighted by Crippen LogP contribution is -2.15. The third-order valence-corrected chi connectivity index (χ3v) is 3.53. The van der Waals surface area contributed by atoms with Crippen LogP contribution in [0.4, 0.5) is 13.2 Å². The van der Waals surface area contributed by atoms with E-state index in [1.54, 1.807) is 0 Å². The molecule has 1 aliphatic carbocycles. The summed E-state index contributed by atoms with van der Waals surface area (Å²) >= 11 is 3.25. The first-order valence-corrected chi connectivity index (χ1v) is 5.81. The average molecular weight is 294 g/mol. The first-order chi connectivity index (χ1) is 7.39. The van der Waals surface area contributed by atoms with Crippen LogP contribution in [0.2, 0.25) is 0 Å². The minimum absolute atomic E-state index is 0.295. The Labute approximate surface area is 100.0 Å². The van der Waals surface area contributed by atoms with Crippen LogP contribution in [0.15, 0.2) is 22.7 Å². The third kappa shape index (κ3) is 2.40. The van der Waals surface area contributed by atoms with Crippen molar-refractivity contribution >= 4 is 15.9 Å². The molecule has 1 saturated carbocycles. The molecule has 88 valence electrons. The van der Waals surface area contributed by atoms with Crippen molar-refractivity contribution in [3.63, 3.8) is 0 Å². The topological polar surface area (TPSA) is 26.0 Å². The van der Waals surface area contributed by atoms with Crippen LogP contribution in [0.25, 0.3) is 0 Å². The molecule has 0 aromatic heterocycles. The van der Waals surface area contributed by atoms with Crippen LogP contribution in [0, 0.1) is 5.92 Å². The van der Waals surface area contributed by atoms with Crippen molar-refractivity contribution in [1.29, 1.82) is 0 Å². The Bertz CT molecular complexity index is 399. The minimum Gasteiger partial charge on any atom is -0.324 e. The first kappa shape index (κ1) is 11.9. The molecule has 0 bridgehead atoms. The zero-order valence-electron chi connectivity index (χ0n) is 8.39. The molecule has 2 N–H and O–H groups in total. The van der Waals surface area contributed by atoms with Gasteiger partial charge in [-0.25, -0.2) is 0 Å². The van der Waals surface area contributed by atoms with E-state index in [4.69, 9.17) is 5.73 Å². The summed E-state index contributed by atoms with van der Waals surface area (Å²) < 4.78 is 38.2. The van der Waals surface area contributed by atoms with Crippen LogP contribution in [0.3, 0.4) is 0 Å². The van der Waals surface area contributed by atoms with Gasteiger partial charge in [-0.05, 0) is 42.5 Å². The molecule has 0 unspecified atom stereocenters. The second kappa shape index (κ2) is 4.04. The van der Waals surface area contributed by atoms with E-state index < -0.39 is 11.7 Å². The summed E-state index contributed by atoms with van der Waals surface area (Å²) in [6.07, 6.45) is -2.30. The summed E-state index contributed by atoms with van der Waals surface area (Å²) in [5.74, 6) is 0.333. The highest BCUT2D eigenvalue weighted by atomic mass is 79.9. The van der Waals surface area contributed by atoms with Gasteiger partial charge in [-0.1, -0.05) is 15.9 Å². The fourth-order valence-electron chi connectivity index (χ4n) is 1.68. The van der Waals surface area contributed by atoms with Crippen molar-refractivity contribution in [3.8, 4) is 0 Å². The van der Waals surface area contributed by atoms with Gasteiger partial charge < -0.3 is 5.73 Å². The van der Waals surface area contributed by atoms with Gasteiger partial charge in [-0.15, -0.1) is 0 Å². The number of hydrogen-bond donors (Lipinski definition) is 1. The van der Waals surface area contributed by atoms with Crippen molar-refractivity contribution in [2.45, 2.75) is 25.1 Å². The fourth-order valence-corrected chi connectivity index (χ4v) is 2.20.